The summed E-state index contributed by atoms with van der Waals surface area (Å²) < 4.78 is 0. The van der Waals surface area contributed by atoms with Gasteiger partial charge in [-0.05, 0) is 48.1 Å². The highest BCUT2D eigenvalue weighted by Crippen LogP contribution is 2.30. The molecule has 0 radical (unpaired) electrons. The van der Waals surface area contributed by atoms with Gasteiger partial charge in [-0.1, -0.05) is 38.8 Å². The van der Waals surface area contributed by atoms with Crippen molar-refractivity contribution in [1.82, 2.24) is 10.3 Å². The molecular weight excluding hydrogens is 310 g/mol. The fourth-order valence-corrected chi connectivity index (χ4v) is 3.57. The summed E-state index contributed by atoms with van der Waals surface area (Å²) in [5.74, 6) is 1.21. The number of hydrogen-bond donors (Lipinski definition) is 2. The lowest BCUT2D eigenvalue weighted by Crippen LogP contribution is -2.43. The van der Waals surface area contributed by atoms with Crippen LogP contribution in [0.3, 0.4) is 0 Å². The summed E-state index contributed by atoms with van der Waals surface area (Å²) >= 11 is 0. The maximum absolute atomic E-state index is 12.8. The van der Waals surface area contributed by atoms with Crippen LogP contribution in [0.5, 0.6) is 0 Å². The Morgan fingerprint density at radius 2 is 1.88 bits per heavy atom. The third kappa shape index (κ3) is 4.38. The second-order valence-electron chi connectivity index (χ2n) is 7.10. The van der Waals surface area contributed by atoms with E-state index in [0.717, 1.165) is 17.7 Å². The lowest BCUT2D eigenvalue weighted by atomic mass is 9.78. The van der Waals surface area contributed by atoms with Gasteiger partial charge in [0, 0.05) is 30.7 Å². The SMILES string of the molecule is C[C@@H]1CCCC(NC(=O)c2ccccc2NCc2ccncc2)[C@@H]1C. The van der Waals surface area contributed by atoms with Gasteiger partial charge in [-0.25, -0.2) is 0 Å². The number of benzene rings is 1. The van der Waals surface area contributed by atoms with Crippen molar-refractivity contribution in [3.63, 3.8) is 0 Å². The largest absolute Gasteiger partial charge is 0.380 e. The normalized spacial score (nSPS) is 23.0. The Morgan fingerprint density at radius 3 is 2.68 bits per heavy atom. The third-order valence-electron chi connectivity index (χ3n) is 5.43. The molecule has 1 fully saturated rings. The van der Waals surface area contributed by atoms with Gasteiger partial charge in [0.15, 0.2) is 0 Å². The Labute approximate surface area is 150 Å². The van der Waals surface area contributed by atoms with Gasteiger partial charge in [-0.3, -0.25) is 9.78 Å². The van der Waals surface area contributed by atoms with Gasteiger partial charge >= 0.3 is 0 Å². The number of pyridine rings is 1. The summed E-state index contributed by atoms with van der Waals surface area (Å²) in [4.78, 5) is 16.9. The fourth-order valence-electron chi connectivity index (χ4n) is 3.57. The number of anilines is 1. The van der Waals surface area contributed by atoms with Crippen molar-refractivity contribution in [2.45, 2.75) is 45.7 Å². The molecule has 1 aromatic carbocycles. The molecule has 132 valence electrons. The predicted molar refractivity (Wildman–Crippen MR) is 101 cm³/mol. The van der Waals surface area contributed by atoms with Gasteiger partial charge in [0.25, 0.3) is 5.91 Å². The van der Waals surface area contributed by atoms with E-state index in [2.05, 4.69) is 29.5 Å². The molecule has 0 spiro atoms. The van der Waals surface area contributed by atoms with Gasteiger partial charge in [0.2, 0.25) is 0 Å². The van der Waals surface area contributed by atoms with Crippen molar-refractivity contribution in [3.8, 4) is 0 Å². The van der Waals surface area contributed by atoms with Crippen molar-refractivity contribution < 1.29 is 4.79 Å². The number of aromatic nitrogens is 1. The smallest absolute Gasteiger partial charge is 0.253 e. The lowest BCUT2D eigenvalue weighted by Gasteiger charge is -2.34. The van der Waals surface area contributed by atoms with Crippen LogP contribution in [0, 0.1) is 11.8 Å². The molecule has 1 unspecified atom stereocenters. The highest BCUT2D eigenvalue weighted by molar-refractivity contribution is 5.99. The molecular formula is C21H27N3O. The zero-order valence-corrected chi connectivity index (χ0v) is 15.0. The van der Waals surface area contributed by atoms with E-state index in [9.17, 15) is 4.79 Å². The molecule has 0 saturated heterocycles. The molecule has 1 heterocycles. The van der Waals surface area contributed by atoms with Crippen molar-refractivity contribution in [2.24, 2.45) is 11.8 Å². The van der Waals surface area contributed by atoms with Crippen LogP contribution >= 0.6 is 0 Å². The summed E-state index contributed by atoms with van der Waals surface area (Å²) in [5, 5.41) is 6.64. The second kappa shape index (κ2) is 8.15. The molecule has 3 atom stereocenters. The molecule has 1 aliphatic carbocycles. The zero-order chi connectivity index (χ0) is 17.6. The number of para-hydroxylation sites is 1. The van der Waals surface area contributed by atoms with Crippen LogP contribution < -0.4 is 10.6 Å². The van der Waals surface area contributed by atoms with Gasteiger partial charge in [0.05, 0.1) is 5.56 Å². The maximum atomic E-state index is 12.8. The molecule has 2 N–H and O–H groups in total. The van der Waals surface area contributed by atoms with E-state index in [4.69, 9.17) is 0 Å². The number of carbonyl (C=O) groups is 1. The lowest BCUT2D eigenvalue weighted by molar-refractivity contribution is 0.0892. The number of rotatable bonds is 5. The number of nitrogens with one attached hydrogen (secondary N) is 2. The Balaban J connectivity index is 1.68. The first kappa shape index (κ1) is 17.5. The number of carbonyl (C=O) groups excluding carboxylic acids is 1. The summed E-state index contributed by atoms with van der Waals surface area (Å²) in [6.45, 7) is 5.21. The summed E-state index contributed by atoms with van der Waals surface area (Å²) in [5.41, 5.74) is 2.72. The van der Waals surface area contributed by atoms with E-state index in [0.29, 0.717) is 23.9 Å². The summed E-state index contributed by atoms with van der Waals surface area (Å²) in [6.07, 6.45) is 7.09. The Bertz CT molecular complexity index is 701. The van der Waals surface area contributed by atoms with Crippen molar-refractivity contribution in [1.29, 1.82) is 0 Å². The second-order valence-corrected chi connectivity index (χ2v) is 7.10. The topological polar surface area (TPSA) is 54.0 Å². The van der Waals surface area contributed by atoms with E-state index in [1.807, 2.05) is 36.4 Å². The first-order chi connectivity index (χ1) is 12.1. The Hall–Kier alpha value is -2.36. The van der Waals surface area contributed by atoms with Gasteiger partial charge in [-0.15, -0.1) is 0 Å². The molecule has 4 nitrogen and oxygen atoms in total. The van der Waals surface area contributed by atoms with Gasteiger partial charge < -0.3 is 10.6 Å². The van der Waals surface area contributed by atoms with Crippen LogP contribution in [-0.4, -0.2) is 16.9 Å². The molecule has 0 bridgehead atoms. The van der Waals surface area contributed by atoms with Gasteiger partial charge in [0.1, 0.15) is 0 Å². The fraction of sp³-hybridized carbons (Fsp3) is 0.429. The quantitative estimate of drug-likeness (QED) is 0.857. The summed E-state index contributed by atoms with van der Waals surface area (Å²) in [7, 11) is 0. The van der Waals surface area contributed by atoms with Crippen LogP contribution in [0.2, 0.25) is 0 Å². The summed E-state index contributed by atoms with van der Waals surface area (Å²) in [6, 6.07) is 11.9. The van der Waals surface area contributed by atoms with Crippen LogP contribution in [0.1, 0.15) is 49.0 Å². The molecule has 2 aromatic rings. The molecule has 1 aromatic heterocycles. The minimum Gasteiger partial charge on any atom is -0.380 e. The average molecular weight is 337 g/mol. The van der Waals surface area contributed by atoms with Crippen LogP contribution in [0.4, 0.5) is 5.69 Å². The molecule has 1 aliphatic rings. The third-order valence-corrected chi connectivity index (χ3v) is 5.43. The van der Waals surface area contributed by atoms with Crippen LogP contribution in [0.25, 0.3) is 0 Å². The molecule has 0 aliphatic heterocycles. The first-order valence-electron chi connectivity index (χ1n) is 9.18. The van der Waals surface area contributed by atoms with Crippen LogP contribution in [0.15, 0.2) is 48.8 Å². The van der Waals surface area contributed by atoms with E-state index in [1.54, 1.807) is 12.4 Å². The average Bonchev–Trinajstić information content (AvgIpc) is 2.65. The van der Waals surface area contributed by atoms with Gasteiger partial charge in [-0.2, -0.15) is 0 Å². The zero-order valence-electron chi connectivity index (χ0n) is 15.0. The highest BCUT2D eigenvalue weighted by atomic mass is 16.1. The molecule has 4 heteroatoms. The van der Waals surface area contributed by atoms with Crippen molar-refractivity contribution >= 4 is 11.6 Å². The Morgan fingerprint density at radius 1 is 1.12 bits per heavy atom. The van der Waals surface area contributed by atoms with E-state index < -0.39 is 0 Å². The standard InChI is InChI=1S/C21H27N3O/c1-15-6-5-9-19(16(15)2)24-21(25)18-7-3-4-8-20(18)23-14-17-10-12-22-13-11-17/h3-4,7-8,10-13,15-16,19,23H,5-6,9,14H2,1-2H3,(H,24,25)/t15-,16-,19?/m1/s1. The van der Waals surface area contributed by atoms with E-state index >= 15 is 0 Å². The maximum Gasteiger partial charge on any atom is 0.253 e. The van der Waals surface area contributed by atoms with Crippen LogP contribution in [-0.2, 0) is 6.54 Å². The number of hydrogen-bond acceptors (Lipinski definition) is 3. The molecule has 25 heavy (non-hydrogen) atoms. The first-order valence-corrected chi connectivity index (χ1v) is 9.18. The monoisotopic (exact) mass is 337 g/mol. The number of amides is 1. The molecule has 1 saturated carbocycles. The van der Waals surface area contributed by atoms with Crippen molar-refractivity contribution in [3.05, 3.63) is 59.9 Å². The minimum absolute atomic E-state index is 0.0174. The molecule has 1 amide bonds. The highest BCUT2D eigenvalue weighted by Gasteiger charge is 2.28. The van der Waals surface area contributed by atoms with E-state index in [-0.39, 0.29) is 11.9 Å². The van der Waals surface area contributed by atoms with Crippen molar-refractivity contribution in [2.75, 3.05) is 5.32 Å². The Kier molecular flexibility index (Phi) is 5.69. The number of nitrogens with zero attached hydrogens (tertiary/aromatic N) is 1. The predicted octanol–water partition coefficient (Wildman–Crippen LogP) is 4.25. The van der Waals surface area contributed by atoms with E-state index in [1.165, 1.54) is 12.8 Å². The minimum atomic E-state index is 0.0174. The molecule has 3 rings (SSSR count).